The summed E-state index contributed by atoms with van der Waals surface area (Å²) in [7, 11) is 0. The van der Waals surface area contributed by atoms with Gasteiger partial charge in [0.15, 0.2) is 0 Å². The number of nitrogens with zero attached hydrogens (tertiary/aromatic N) is 2. The zero-order valence-electron chi connectivity index (χ0n) is 16.0. The van der Waals surface area contributed by atoms with Gasteiger partial charge in [0.25, 0.3) is 0 Å². The third-order valence-corrected chi connectivity index (χ3v) is 5.97. The van der Waals surface area contributed by atoms with Gasteiger partial charge in [0.05, 0.1) is 0 Å². The summed E-state index contributed by atoms with van der Waals surface area (Å²) in [4.78, 5) is 31.5. The number of carbonyl (C=O) groups excluding carboxylic acids is 2. The molecule has 2 unspecified atom stereocenters. The van der Waals surface area contributed by atoms with E-state index in [1.54, 1.807) is 12.4 Å². The van der Waals surface area contributed by atoms with Crippen LogP contribution in [0, 0.1) is 5.92 Å². The molecule has 3 heterocycles. The van der Waals surface area contributed by atoms with Crippen molar-refractivity contribution in [1.82, 2.24) is 9.88 Å². The van der Waals surface area contributed by atoms with E-state index >= 15 is 0 Å². The van der Waals surface area contributed by atoms with Crippen LogP contribution in [0.5, 0.6) is 0 Å². The predicted octanol–water partition coefficient (Wildman–Crippen LogP) is 4.16. The molecule has 2 saturated heterocycles. The van der Waals surface area contributed by atoms with Crippen LogP contribution in [0.2, 0.25) is 0 Å². The number of fused-ring (bicyclic) bond motifs is 2. The zero-order valence-corrected chi connectivity index (χ0v) is 16.0. The molecule has 0 aliphatic carbocycles. The number of hydrogen-bond donors (Lipinski definition) is 0. The van der Waals surface area contributed by atoms with Crippen LogP contribution in [-0.4, -0.2) is 33.8 Å². The molecule has 0 radical (unpaired) electrons. The maximum absolute atomic E-state index is 12.8. The fraction of sp³-hybridized carbons (Fsp3) is 0.435. The number of piperidine rings is 2. The van der Waals surface area contributed by atoms with Crippen LogP contribution in [0.1, 0.15) is 43.2 Å². The summed E-state index contributed by atoms with van der Waals surface area (Å²) in [5, 5.41) is 0. The highest BCUT2D eigenvalue weighted by atomic mass is 16.6. The van der Waals surface area contributed by atoms with Gasteiger partial charge in [-0.2, -0.15) is 0 Å². The summed E-state index contributed by atoms with van der Waals surface area (Å²) in [6.45, 7) is 0.292. The largest absolute Gasteiger partial charge is 0.445 e. The Morgan fingerprint density at radius 1 is 0.964 bits per heavy atom. The van der Waals surface area contributed by atoms with Crippen LogP contribution < -0.4 is 0 Å². The summed E-state index contributed by atoms with van der Waals surface area (Å²) in [6.07, 6.45) is 8.19. The van der Waals surface area contributed by atoms with Gasteiger partial charge < -0.3 is 9.64 Å². The second kappa shape index (κ2) is 8.55. The number of pyridine rings is 1. The average Bonchev–Trinajstić information content (AvgIpc) is 2.72. The van der Waals surface area contributed by atoms with Crippen LogP contribution >= 0.6 is 0 Å². The van der Waals surface area contributed by atoms with E-state index in [-0.39, 0.29) is 29.9 Å². The van der Waals surface area contributed by atoms with Crippen molar-refractivity contribution in [3.63, 3.8) is 0 Å². The number of ether oxygens (including phenoxy) is 1. The summed E-state index contributed by atoms with van der Waals surface area (Å²) >= 11 is 0. The average molecular weight is 378 g/mol. The van der Waals surface area contributed by atoms with Gasteiger partial charge in [-0.15, -0.1) is 0 Å². The molecule has 1 aromatic heterocycles. The molecule has 2 aromatic rings. The molecule has 2 aliphatic rings. The monoisotopic (exact) mass is 378 g/mol. The summed E-state index contributed by atoms with van der Waals surface area (Å²) < 4.78 is 5.59. The minimum absolute atomic E-state index is 0.0293. The van der Waals surface area contributed by atoms with Crippen molar-refractivity contribution >= 4 is 11.9 Å². The Hall–Kier alpha value is -2.69. The van der Waals surface area contributed by atoms with Crippen molar-refractivity contribution in [3.8, 4) is 0 Å². The quantitative estimate of drug-likeness (QED) is 0.784. The fourth-order valence-corrected chi connectivity index (χ4v) is 4.58. The third-order valence-electron chi connectivity index (χ3n) is 5.97. The standard InChI is InChI=1S/C23H26N2O3/c26-22(13-17-9-11-24-12-10-17)19-14-20-7-4-8-21(15-19)25(20)23(27)28-16-18-5-2-1-3-6-18/h1-3,5-6,9-12,19-21H,4,7-8,13-16H2. The van der Waals surface area contributed by atoms with Gasteiger partial charge in [-0.3, -0.25) is 9.78 Å². The first-order valence-electron chi connectivity index (χ1n) is 10.1. The van der Waals surface area contributed by atoms with Gasteiger partial charge in [-0.1, -0.05) is 30.3 Å². The Kier molecular flexibility index (Phi) is 5.70. The van der Waals surface area contributed by atoms with Gasteiger partial charge in [0.1, 0.15) is 12.4 Å². The second-order valence-electron chi connectivity index (χ2n) is 7.85. The van der Waals surface area contributed by atoms with Crippen molar-refractivity contribution in [1.29, 1.82) is 0 Å². The number of rotatable bonds is 5. The SMILES string of the molecule is O=C(Cc1ccncc1)C1CC2CCCC(C1)N2C(=O)OCc1ccccc1. The van der Waals surface area contributed by atoms with Gasteiger partial charge in [0.2, 0.25) is 0 Å². The normalized spacial score (nSPS) is 23.9. The first kappa shape index (κ1) is 18.7. The topological polar surface area (TPSA) is 59.5 Å². The Labute approximate surface area is 165 Å². The van der Waals surface area contributed by atoms with Crippen molar-refractivity contribution in [2.75, 3.05) is 0 Å². The van der Waals surface area contributed by atoms with Gasteiger partial charge in [0, 0.05) is 36.8 Å². The molecular formula is C23H26N2O3. The molecule has 5 nitrogen and oxygen atoms in total. The molecule has 5 heteroatoms. The molecule has 0 spiro atoms. The Morgan fingerprint density at radius 2 is 1.64 bits per heavy atom. The minimum atomic E-state index is -0.237. The van der Waals surface area contributed by atoms with Gasteiger partial charge in [-0.25, -0.2) is 4.79 Å². The Bertz CT molecular complexity index is 795. The third kappa shape index (κ3) is 4.24. The number of hydrogen-bond acceptors (Lipinski definition) is 4. The van der Waals surface area contributed by atoms with Crippen LogP contribution in [0.15, 0.2) is 54.9 Å². The molecule has 0 N–H and O–H groups in total. The number of carbonyl (C=O) groups is 2. The molecular weight excluding hydrogens is 352 g/mol. The van der Waals surface area contributed by atoms with Crippen molar-refractivity contribution in [3.05, 3.63) is 66.0 Å². The number of amides is 1. The Balaban J connectivity index is 1.37. The highest BCUT2D eigenvalue weighted by Gasteiger charge is 2.43. The minimum Gasteiger partial charge on any atom is -0.445 e. The molecule has 2 bridgehead atoms. The van der Waals surface area contributed by atoms with Crippen LogP contribution in [-0.2, 0) is 22.6 Å². The molecule has 0 saturated carbocycles. The van der Waals surface area contributed by atoms with E-state index in [4.69, 9.17) is 4.74 Å². The lowest BCUT2D eigenvalue weighted by atomic mass is 9.76. The molecule has 1 aromatic carbocycles. The molecule has 4 rings (SSSR count). The summed E-state index contributed by atoms with van der Waals surface area (Å²) in [6, 6.07) is 13.8. The van der Waals surface area contributed by atoms with Gasteiger partial charge in [-0.05, 0) is 55.4 Å². The Morgan fingerprint density at radius 3 is 2.32 bits per heavy atom. The van der Waals surface area contributed by atoms with E-state index in [9.17, 15) is 9.59 Å². The van der Waals surface area contributed by atoms with E-state index in [1.165, 1.54) is 0 Å². The highest BCUT2D eigenvalue weighted by Crippen LogP contribution is 2.38. The summed E-state index contributed by atoms with van der Waals surface area (Å²) in [5.41, 5.74) is 2.00. The van der Waals surface area contributed by atoms with Gasteiger partial charge >= 0.3 is 6.09 Å². The predicted molar refractivity (Wildman–Crippen MR) is 106 cm³/mol. The van der Waals surface area contributed by atoms with Crippen molar-refractivity contribution < 1.29 is 14.3 Å². The lowest BCUT2D eigenvalue weighted by Crippen LogP contribution is -2.55. The number of benzene rings is 1. The second-order valence-corrected chi connectivity index (χ2v) is 7.85. The smallest absolute Gasteiger partial charge is 0.410 e. The number of aromatic nitrogens is 1. The van der Waals surface area contributed by atoms with E-state index in [0.29, 0.717) is 13.0 Å². The summed E-state index contributed by atoms with van der Waals surface area (Å²) in [5.74, 6) is 0.307. The lowest BCUT2D eigenvalue weighted by Gasteiger charge is -2.47. The first-order chi connectivity index (χ1) is 13.7. The van der Waals surface area contributed by atoms with Crippen LogP contribution in [0.25, 0.3) is 0 Å². The van der Waals surface area contributed by atoms with Crippen molar-refractivity contribution in [2.45, 2.75) is 57.2 Å². The first-order valence-corrected chi connectivity index (χ1v) is 10.1. The maximum atomic E-state index is 12.8. The van der Waals surface area contributed by atoms with Crippen LogP contribution in [0.4, 0.5) is 4.79 Å². The van der Waals surface area contributed by atoms with Crippen LogP contribution in [0.3, 0.4) is 0 Å². The van der Waals surface area contributed by atoms with E-state index in [1.807, 2.05) is 47.4 Å². The fourth-order valence-electron chi connectivity index (χ4n) is 4.58. The molecule has 1 amide bonds. The lowest BCUT2D eigenvalue weighted by molar-refractivity contribution is -0.126. The van der Waals surface area contributed by atoms with E-state index < -0.39 is 0 Å². The molecule has 2 atom stereocenters. The van der Waals surface area contributed by atoms with Crippen molar-refractivity contribution in [2.24, 2.45) is 5.92 Å². The van der Waals surface area contributed by atoms with E-state index in [0.717, 1.165) is 43.2 Å². The molecule has 28 heavy (non-hydrogen) atoms. The zero-order chi connectivity index (χ0) is 19.3. The molecule has 2 aliphatic heterocycles. The number of Topliss-reactive ketones (excluding diaryl/α,β-unsaturated/α-hetero) is 1. The number of ketones is 1. The molecule has 2 fully saturated rings. The highest BCUT2D eigenvalue weighted by molar-refractivity contribution is 5.83. The molecule has 146 valence electrons. The van der Waals surface area contributed by atoms with E-state index in [2.05, 4.69) is 4.98 Å². The maximum Gasteiger partial charge on any atom is 0.410 e.